The number of nitrogens with zero attached hydrogens (tertiary/aromatic N) is 3. The summed E-state index contributed by atoms with van der Waals surface area (Å²) in [5.74, 6) is 1.10. The van der Waals surface area contributed by atoms with Gasteiger partial charge in [0, 0.05) is 19.3 Å². The van der Waals surface area contributed by atoms with E-state index in [1.807, 2.05) is 19.2 Å². The number of aromatic nitrogens is 1. The van der Waals surface area contributed by atoms with E-state index in [1.165, 1.54) is 0 Å². The molecule has 0 amide bonds. The number of hydrogen-bond acceptors (Lipinski definition) is 3. The minimum absolute atomic E-state index is 0.961. The van der Waals surface area contributed by atoms with E-state index in [2.05, 4.69) is 20.9 Å². The fraction of sp³-hybridized carbons (Fsp3) is 0.400. The van der Waals surface area contributed by atoms with Crippen molar-refractivity contribution in [1.29, 1.82) is 0 Å². The van der Waals surface area contributed by atoms with Crippen LogP contribution in [0.4, 0.5) is 5.69 Å². The predicted molar refractivity (Wildman–Crippen MR) is 54.2 cm³/mol. The number of aliphatic imine (C=N–C) groups is 1. The quantitative estimate of drug-likeness (QED) is 0.650. The summed E-state index contributed by atoms with van der Waals surface area (Å²) >= 11 is 0. The summed E-state index contributed by atoms with van der Waals surface area (Å²) in [6.45, 7) is 4.07. The second-order valence-electron chi connectivity index (χ2n) is 3.15. The second kappa shape index (κ2) is 3.56. The highest BCUT2D eigenvalue weighted by Gasteiger charge is 2.12. The average molecular weight is 175 g/mol. The van der Waals surface area contributed by atoms with Gasteiger partial charge in [0.1, 0.15) is 5.84 Å². The van der Waals surface area contributed by atoms with Crippen molar-refractivity contribution in [1.82, 2.24) is 4.98 Å². The Morgan fingerprint density at radius 1 is 1.46 bits per heavy atom. The SMILES string of the molecule is CC1=NCCCN1c1cccnc1. The lowest BCUT2D eigenvalue weighted by Gasteiger charge is -2.26. The predicted octanol–water partition coefficient (Wildman–Crippen LogP) is 1.71. The first-order valence-electron chi connectivity index (χ1n) is 4.56. The fourth-order valence-corrected chi connectivity index (χ4v) is 1.55. The fourth-order valence-electron chi connectivity index (χ4n) is 1.55. The Labute approximate surface area is 78.1 Å². The molecule has 0 aliphatic carbocycles. The lowest BCUT2D eigenvalue weighted by Crippen LogP contribution is -2.33. The Kier molecular flexibility index (Phi) is 2.25. The van der Waals surface area contributed by atoms with Crippen LogP contribution in [0.25, 0.3) is 0 Å². The zero-order valence-corrected chi connectivity index (χ0v) is 7.77. The summed E-state index contributed by atoms with van der Waals surface area (Å²) in [4.78, 5) is 10.7. The molecule has 68 valence electrons. The van der Waals surface area contributed by atoms with Crippen LogP contribution in [0.1, 0.15) is 13.3 Å². The molecule has 1 aliphatic rings. The average Bonchev–Trinajstić information content (AvgIpc) is 2.20. The van der Waals surface area contributed by atoms with Crippen molar-refractivity contribution in [3.05, 3.63) is 24.5 Å². The van der Waals surface area contributed by atoms with E-state index in [-0.39, 0.29) is 0 Å². The first kappa shape index (κ1) is 8.23. The number of amidine groups is 1. The molecule has 13 heavy (non-hydrogen) atoms. The first-order chi connectivity index (χ1) is 6.38. The van der Waals surface area contributed by atoms with Gasteiger partial charge < -0.3 is 4.90 Å². The minimum atomic E-state index is 0.961. The highest BCUT2D eigenvalue weighted by molar-refractivity contribution is 5.96. The maximum absolute atomic E-state index is 4.40. The molecule has 1 aromatic rings. The van der Waals surface area contributed by atoms with Crippen molar-refractivity contribution < 1.29 is 0 Å². The summed E-state index contributed by atoms with van der Waals surface area (Å²) in [5, 5.41) is 0. The number of anilines is 1. The molecule has 1 aliphatic heterocycles. The van der Waals surface area contributed by atoms with Gasteiger partial charge in [-0.15, -0.1) is 0 Å². The molecule has 3 heteroatoms. The maximum Gasteiger partial charge on any atom is 0.100 e. The van der Waals surface area contributed by atoms with Crippen LogP contribution in [0.15, 0.2) is 29.5 Å². The molecule has 0 atom stereocenters. The van der Waals surface area contributed by atoms with Crippen molar-refractivity contribution in [2.75, 3.05) is 18.0 Å². The van der Waals surface area contributed by atoms with E-state index in [1.54, 1.807) is 6.20 Å². The molecule has 0 aromatic carbocycles. The third kappa shape index (κ3) is 1.69. The smallest absolute Gasteiger partial charge is 0.100 e. The zero-order valence-electron chi connectivity index (χ0n) is 7.77. The third-order valence-corrected chi connectivity index (χ3v) is 2.23. The summed E-state index contributed by atoms with van der Waals surface area (Å²) in [7, 11) is 0. The van der Waals surface area contributed by atoms with Crippen LogP contribution in [-0.4, -0.2) is 23.9 Å². The molecule has 0 radical (unpaired) electrons. The van der Waals surface area contributed by atoms with Crippen LogP contribution in [0.3, 0.4) is 0 Å². The molecule has 0 bridgehead atoms. The standard InChI is InChI=1S/C10H13N3/c1-9-12-6-3-7-13(9)10-4-2-5-11-8-10/h2,4-5,8H,3,6-7H2,1H3. The molecular weight excluding hydrogens is 162 g/mol. The van der Waals surface area contributed by atoms with Crippen molar-refractivity contribution in [2.45, 2.75) is 13.3 Å². The van der Waals surface area contributed by atoms with E-state index in [0.717, 1.165) is 31.0 Å². The van der Waals surface area contributed by atoms with E-state index in [0.29, 0.717) is 0 Å². The van der Waals surface area contributed by atoms with E-state index >= 15 is 0 Å². The summed E-state index contributed by atoms with van der Waals surface area (Å²) in [5.41, 5.74) is 1.14. The molecule has 0 fully saturated rings. The van der Waals surface area contributed by atoms with Gasteiger partial charge >= 0.3 is 0 Å². The van der Waals surface area contributed by atoms with Crippen LogP contribution >= 0.6 is 0 Å². The normalized spacial score (nSPS) is 17.0. The zero-order chi connectivity index (χ0) is 9.10. The summed E-state index contributed by atoms with van der Waals surface area (Å²) in [6.07, 6.45) is 4.80. The van der Waals surface area contributed by atoms with Crippen molar-refractivity contribution >= 4 is 11.5 Å². The molecule has 0 saturated heterocycles. The van der Waals surface area contributed by atoms with Gasteiger partial charge in [0.05, 0.1) is 11.9 Å². The maximum atomic E-state index is 4.40. The van der Waals surface area contributed by atoms with Gasteiger partial charge in [-0.2, -0.15) is 0 Å². The van der Waals surface area contributed by atoms with E-state index < -0.39 is 0 Å². The molecule has 3 nitrogen and oxygen atoms in total. The van der Waals surface area contributed by atoms with Crippen LogP contribution in [0, 0.1) is 0 Å². The monoisotopic (exact) mass is 175 g/mol. The Balaban J connectivity index is 2.26. The van der Waals surface area contributed by atoms with Gasteiger partial charge in [-0.3, -0.25) is 9.98 Å². The summed E-state index contributed by atoms with van der Waals surface area (Å²) < 4.78 is 0. The first-order valence-corrected chi connectivity index (χ1v) is 4.56. The van der Waals surface area contributed by atoms with Crippen LogP contribution < -0.4 is 4.90 Å². The van der Waals surface area contributed by atoms with Gasteiger partial charge in [-0.1, -0.05) is 0 Å². The van der Waals surface area contributed by atoms with Crippen LogP contribution in [0.2, 0.25) is 0 Å². The molecule has 0 spiro atoms. The van der Waals surface area contributed by atoms with Crippen molar-refractivity contribution in [2.24, 2.45) is 4.99 Å². The number of pyridine rings is 1. The van der Waals surface area contributed by atoms with Crippen LogP contribution in [0.5, 0.6) is 0 Å². The molecule has 0 N–H and O–H groups in total. The second-order valence-corrected chi connectivity index (χ2v) is 3.15. The molecule has 0 saturated carbocycles. The lowest BCUT2D eigenvalue weighted by atomic mass is 10.2. The Morgan fingerprint density at radius 3 is 3.08 bits per heavy atom. The van der Waals surface area contributed by atoms with Crippen molar-refractivity contribution in [3.63, 3.8) is 0 Å². The highest BCUT2D eigenvalue weighted by Crippen LogP contribution is 2.15. The van der Waals surface area contributed by atoms with Gasteiger partial charge in [0.25, 0.3) is 0 Å². The number of rotatable bonds is 1. The van der Waals surface area contributed by atoms with Crippen LogP contribution in [-0.2, 0) is 0 Å². The van der Waals surface area contributed by atoms with E-state index in [4.69, 9.17) is 0 Å². The minimum Gasteiger partial charge on any atom is -0.329 e. The Morgan fingerprint density at radius 2 is 2.38 bits per heavy atom. The van der Waals surface area contributed by atoms with E-state index in [9.17, 15) is 0 Å². The highest BCUT2D eigenvalue weighted by atomic mass is 15.2. The topological polar surface area (TPSA) is 28.5 Å². The molecule has 1 aromatic heterocycles. The van der Waals surface area contributed by atoms with Gasteiger partial charge in [0.2, 0.25) is 0 Å². The lowest BCUT2D eigenvalue weighted by molar-refractivity contribution is 0.786. The molecule has 2 heterocycles. The molecule has 0 unspecified atom stereocenters. The largest absolute Gasteiger partial charge is 0.329 e. The third-order valence-electron chi connectivity index (χ3n) is 2.23. The molecule has 2 rings (SSSR count). The Hall–Kier alpha value is -1.38. The van der Waals surface area contributed by atoms with Crippen molar-refractivity contribution in [3.8, 4) is 0 Å². The molecular formula is C10H13N3. The summed E-state index contributed by atoms with van der Waals surface area (Å²) in [6, 6.07) is 4.02. The van der Waals surface area contributed by atoms with Gasteiger partial charge in [-0.05, 0) is 25.5 Å². The van der Waals surface area contributed by atoms with Gasteiger partial charge in [-0.25, -0.2) is 0 Å². The Bertz CT molecular complexity index is 305. The number of hydrogen-bond donors (Lipinski definition) is 0. The van der Waals surface area contributed by atoms with Gasteiger partial charge in [0.15, 0.2) is 0 Å².